The molecule has 0 aromatic heterocycles. The van der Waals surface area contributed by atoms with E-state index in [1.807, 2.05) is 0 Å². The lowest BCUT2D eigenvalue weighted by molar-refractivity contribution is 0.0180. The molecule has 0 fully saturated rings. The smallest absolute Gasteiger partial charge is 0.202 e. The molecule has 4 aromatic carbocycles. The maximum atomic E-state index is 11.0. The fourth-order valence-electron chi connectivity index (χ4n) is 6.24. The van der Waals surface area contributed by atoms with Crippen LogP contribution in [0.5, 0.6) is 69.0 Å². The van der Waals surface area contributed by atoms with Crippen molar-refractivity contribution in [3.8, 4) is 69.0 Å². The number of fused-ring (bicyclic) bond motifs is 2. The molecule has 2 heterocycles. The first-order valence-corrected chi connectivity index (χ1v) is 14.3. The molecule has 6 rings (SSSR count). The number of methoxy groups -OCH3 is 2. The number of phenolic OH excluding ortho intramolecular Hbond substituents is 8. The van der Waals surface area contributed by atoms with Crippen LogP contribution in [0, 0.1) is 0 Å². The molecule has 0 aliphatic carbocycles. The normalized spacial score (nSPS) is 20.0. The van der Waals surface area contributed by atoms with Crippen LogP contribution in [0.1, 0.15) is 45.6 Å². The van der Waals surface area contributed by atoms with Crippen molar-refractivity contribution in [1.29, 1.82) is 0 Å². The number of rotatable bonds is 6. The summed E-state index contributed by atoms with van der Waals surface area (Å²) in [5.74, 6) is -3.81. The first kappa shape index (κ1) is 31.4. The van der Waals surface area contributed by atoms with Crippen LogP contribution in [0.4, 0.5) is 0 Å². The minimum absolute atomic E-state index is 0.0471. The predicted octanol–water partition coefficient (Wildman–Crippen LogP) is 3.01. The average Bonchev–Trinajstić information content (AvgIpc) is 3.00. The van der Waals surface area contributed by atoms with Crippen molar-refractivity contribution in [1.82, 2.24) is 0 Å². The Bertz CT molecular complexity index is 1710. The highest BCUT2D eigenvalue weighted by Gasteiger charge is 2.38. The molecular formula is C33H32O14. The molecule has 0 spiro atoms. The van der Waals surface area contributed by atoms with Crippen molar-refractivity contribution in [3.05, 3.63) is 69.8 Å². The van der Waals surface area contributed by atoms with Crippen LogP contribution in [-0.2, 0) is 19.3 Å². The molecule has 0 unspecified atom stereocenters. The quantitative estimate of drug-likeness (QED) is 0.144. The molecule has 0 radical (unpaired) electrons. The van der Waals surface area contributed by atoms with Crippen molar-refractivity contribution in [2.24, 2.45) is 0 Å². The molecule has 4 atom stereocenters. The molecule has 14 heteroatoms. The van der Waals surface area contributed by atoms with Gasteiger partial charge in [0.1, 0.15) is 34.5 Å². The van der Waals surface area contributed by atoms with Gasteiger partial charge < -0.3 is 70.0 Å². The Labute approximate surface area is 266 Å². The van der Waals surface area contributed by atoms with Crippen molar-refractivity contribution in [2.75, 3.05) is 14.2 Å². The van der Waals surface area contributed by atoms with E-state index in [1.165, 1.54) is 38.5 Å². The van der Waals surface area contributed by atoms with E-state index < -0.39 is 58.9 Å². The molecule has 0 saturated heterocycles. The molecule has 2 aliphatic rings. The summed E-state index contributed by atoms with van der Waals surface area (Å²) in [6.07, 6.45) is -5.57. The summed E-state index contributed by atoms with van der Waals surface area (Å²) in [4.78, 5) is 0. The van der Waals surface area contributed by atoms with Crippen molar-refractivity contribution in [3.63, 3.8) is 0 Å². The van der Waals surface area contributed by atoms with Gasteiger partial charge in [-0.25, -0.2) is 0 Å². The minimum Gasteiger partial charge on any atom is -0.507 e. The number of hydrogen-bond acceptors (Lipinski definition) is 14. The van der Waals surface area contributed by atoms with Gasteiger partial charge >= 0.3 is 0 Å². The van der Waals surface area contributed by atoms with Crippen LogP contribution in [0.2, 0.25) is 0 Å². The minimum atomic E-state index is -1.27. The fourth-order valence-corrected chi connectivity index (χ4v) is 6.24. The lowest BCUT2D eigenvalue weighted by Gasteiger charge is -2.34. The van der Waals surface area contributed by atoms with Gasteiger partial charge in [0.25, 0.3) is 0 Å². The molecule has 4 aromatic rings. The SMILES string of the molecule is COc1c(O)cc([C@H]2Oc3c(Cc4c(O)cc(O)c5c4O[C@H](c4cc(O)c(OC)c(O)c4)[C@@H](O)C5)c(O)cc(O)c3C[C@@H]2O)cc1O. The third kappa shape index (κ3) is 5.26. The molecule has 0 saturated carbocycles. The van der Waals surface area contributed by atoms with E-state index in [9.17, 15) is 51.1 Å². The van der Waals surface area contributed by atoms with E-state index in [4.69, 9.17) is 18.9 Å². The molecule has 0 amide bonds. The Hall–Kier alpha value is -5.60. The van der Waals surface area contributed by atoms with Crippen LogP contribution in [0.3, 0.4) is 0 Å². The Balaban J connectivity index is 1.43. The second-order valence-corrected chi connectivity index (χ2v) is 11.4. The zero-order valence-corrected chi connectivity index (χ0v) is 25.0. The number of phenols is 8. The van der Waals surface area contributed by atoms with Gasteiger partial charge in [-0.15, -0.1) is 0 Å². The van der Waals surface area contributed by atoms with Gasteiger partial charge in [-0.05, 0) is 24.3 Å². The van der Waals surface area contributed by atoms with E-state index in [2.05, 4.69) is 0 Å². The monoisotopic (exact) mass is 652 g/mol. The van der Waals surface area contributed by atoms with Gasteiger partial charge in [-0.2, -0.15) is 0 Å². The summed E-state index contributed by atoms with van der Waals surface area (Å²) >= 11 is 0. The summed E-state index contributed by atoms with van der Waals surface area (Å²) < 4.78 is 22.2. The number of benzene rings is 4. The summed E-state index contributed by atoms with van der Waals surface area (Å²) in [5, 5.41) is 107. The first-order valence-electron chi connectivity index (χ1n) is 14.3. The molecule has 10 N–H and O–H groups in total. The zero-order valence-electron chi connectivity index (χ0n) is 25.0. The second-order valence-electron chi connectivity index (χ2n) is 11.4. The highest BCUT2D eigenvalue weighted by molar-refractivity contribution is 5.64. The van der Waals surface area contributed by atoms with Crippen molar-refractivity contribution >= 4 is 0 Å². The molecule has 2 aliphatic heterocycles. The number of aliphatic hydroxyl groups is 2. The van der Waals surface area contributed by atoms with Crippen LogP contribution in [0.25, 0.3) is 0 Å². The Morgan fingerprint density at radius 1 is 0.532 bits per heavy atom. The summed E-state index contributed by atoms with van der Waals surface area (Å²) in [6, 6.07) is 7.03. The van der Waals surface area contributed by atoms with Gasteiger partial charge in [0.15, 0.2) is 35.2 Å². The lowest BCUT2D eigenvalue weighted by atomic mass is 9.88. The lowest BCUT2D eigenvalue weighted by Crippen LogP contribution is -2.31. The first-order chi connectivity index (χ1) is 22.3. The van der Waals surface area contributed by atoms with Gasteiger partial charge in [0.2, 0.25) is 11.5 Å². The van der Waals surface area contributed by atoms with Gasteiger partial charge in [-0.1, -0.05) is 0 Å². The molecular weight excluding hydrogens is 620 g/mol. The van der Waals surface area contributed by atoms with Crippen LogP contribution in [-0.4, -0.2) is 77.5 Å². The van der Waals surface area contributed by atoms with E-state index in [0.29, 0.717) is 0 Å². The highest BCUT2D eigenvalue weighted by atomic mass is 16.5. The third-order valence-electron chi connectivity index (χ3n) is 8.46. The van der Waals surface area contributed by atoms with Crippen LogP contribution in [0.15, 0.2) is 36.4 Å². The van der Waals surface area contributed by atoms with Crippen molar-refractivity contribution in [2.45, 2.75) is 43.7 Å². The average molecular weight is 653 g/mol. The van der Waals surface area contributed by atoms with E-state index in [1.54, 1.807) is 0 Å². The molecule has 248 valence electrons. The van der Waals surface area contributed by atoms with E-state index >= 15 is 0 Å². The Morgan fingerprint density at radius 2 is 0.872 bits per heavy atom. The number of hydrogen-bond donors (Lipinski definition) is 10. The number of aliphatic hydroxyl groups excluding tert-OH is 2. The Kier molecular flexibility index (Phi) is 7.77. The Morgan fingerprint density at radius 3 is 1.19 bits per heavy atom. The maximum absolute atomic E-state index is 11.0. The van der Waals surface area contributed by atoms with Crippen LogP contribution < -0.4 is 18.9 Å². The standard InChI is InChI=1S/C33H32O14/c1-44-32-22(38)3-12(4-23(32)39)28-26(42)8-16-20(36)10-18(34)14(30(16)46-28)7-15-19(35)11-21(37)17-9-27(43)29(47-31(15)17)13-5-24(40)33(45-2)25(41)6-13/h3-6,10-11,26-29,34-43H,7-9H2,1-2H3/t26-,27-,28+,29+/m0/s1. The largest absolute Gasteiger partial charge is 0.507 e. The zero-order chi connectivity index (χ0) is 33.9. The molecule has 0 bridgehead atoms. The van der Waals surface area contributed by atoms with Gasteiger partial charge in [0, 0.05) is 64.8 Å². The molecule has 14 nitrogen and oxygen atoms in total. The summed E-state index contributed by atoms with van der Waals surface area (Å²) in [6.45, 7) is 0. The van der Waals surface area contributed by atoms with Crippen molar-refractivity contribution < 1.29 is 70.0 Å². The maximum Gasteiger partial charge on any atom is 0.202 e. The second kappa shape index (κ2) is 11.6. The summed E-state index contributed by atoms with van der Waals surface area (Å²) in [5.41, 5.74) is 0.673. The fraction of sp³-hybridized carbons (Fsp3) is 0.273. The number of ether oxygens (including phenoxy) is 4. The number of aromatic hydroxyl groups is 8. The summed E-state index contributed by atoms with van der Waals surface area (Å²) in [7, 11) is 2.51. The van der Waals surface area contributed by atoms with Gasteiger partial charge in [0.05, 0.1) is 26.4 Å². The molecule has 47 heavy (non-hydrogen) atoms. The van der Waals surface area contributed by atoms with E-state index in [-0.39, 0.29) is 87.1 Å². The highest BCUT2D eigenvalue weighted by Crippen LogP contribution is 2.52. The van der Waals surface area contributed by atoms with Crippen LogP contribution >= 0.6 is 0 Å². The topological polar surface area (TPSA) is 239 Å². The predicted molar refractivity (Wildman–Crippen MR) is 161 cm³/mol. The van der Waals surface area contributed by atoms with Gasteiger partial charge in [-0.3, -0.25) is 0 Å². The van der Waals surface area contributed by atoms with E-state index in [0.717, 1.165) is 12.1 Å². The third-order valence-corrected chi connectivity index (χ3v) is 8.46.